The second-order valence-corrected chi connectivity index (χ2v) is 10.9. The molecule has 7 nitrogen and oxygen atoms in total. The highest BCUT2D eigenvalue weighted by molar-refractivity contribution is 7.89. The van der Waals surface area contributed by atoms with Crippen molar-refractivity contribution in [2.75, 3.05) is 31.1 Å². The van der Waals surface area contributed by atoms with Crippen LogP contribution in [0, 0.1) is 0 Å². The summed E-state index contributed by atoms with van der Waals surface area (Å²) in [7, 11) is -3.52. The summed E-state index contributed by atoms with van der Waals surface area (Å²) in [6.07, 6.45) is 7.18. The van der Waals surface area contributed by atoms with E-state index in [1.807, 2.05) is 11.8 Å². The minimum Gasteiger partial charge on any atom is -0.343 e. The number of rotatable bonds is 5. The molecule has 0 spiro atoms. The van der Waals surface area contributed by atoms with Gasteiger partial charge in [0.15, 0.2) is 0 Å². The molecule has 1 aromatic rings. The number of fused-ring (bicyclic) bond motifs is 1. The van der Waals surface area contributed by atoms with Crippen LogP contribution in [0.4, 0.5) is 5.69 Å². The van der Waals surface area contributed by atoms with Crippen LogP contribution in [0.3, 0.4) is 0 Å². The van der Waals surface area contributed by atoms with E-state index < -0.39 is 10.0 Å². The summed E-state index contributed by atoms with van der Waals surface area (Å²) in [5.74, 6) is -0.00562. The number of piperidine rings is 2. The summed E-state index contributed by atoms with van der Waals surface area (Å²) < 4.78 is 27.9. The third-order valence-corrected chi connectivity index (χ3v) is 8.87. The molecule has 0 unspecified atom stereocenters. The fourth-order valence-electron chi connectivity index (χ4n) is 5.01. The molecule has 2 amide bonds. The van der Waals surface area contributed by atoms with Gasteiger partial charge in [0.25, 0.3) is 0 Å². The van der Waals surface area contributed by atoms with Crippen molar-refractivity contribution in [3.8, 4) is 0 Å². The lowest BCUT2D eigenvalue weighted by Crippen LogP contribution is -2.41. The molecule has 4 rings (SSSR count). The van der Waals surface area contributed by atoms with Gasteiger partial charge in [0.1, 0.15) is 0 Å². The molecular formula is C23H33N3O4S. The fourth-order valence-corrected chi connectivity index (χ4v) is 6.76. The van der Waals surface area contributed by atoms with Crippen LogP contribution in [0.25, 0.3) is 0 Å². The number of carbonyl (C=O) groups excluding carboxylic acids is 2. The van der Waals surface area contributed by atoms with Crippen LogP contribution in [-0.2, 0) is 26.0 Å². The first-order valence-electron chi connectivity index (χ1n) is 11.6. The zero-order chi connectivity index (χ0) is 22.0. The van der Waals surface area contributed by atoms with Gasteiger partial charge in [-0.3, -0.25) is 9.59 Å². The summed E-state index contributed by atoms with van der Waals surface area (Å²) in [5.41, 5.74) is 1.67. The minimum absolute atomic E-state index is 0.0162. The van der Waals surface area contributed by atoms with Crippen molar-refractivity contribution < 1.29 is 18.0 Å². The van der Waals surface area contributed by atoms with Crippen molar-refractivity contribution in [3.63, 3.8) is 0 Å². The number of hydrogen-bond donors (Lipinski definition) is 0. The van der Waals surface area contributed by atoms with E-state index in [4.69, 9.17) is 0 Å². The van der Waals surface area contributed by atoms with Gasteiger partial charge in [0.05, 0.1) is 4.90 Å². The molecule has 0 N–H and O–H groups in total. The first-order chi connectivity index (χ1) is 14.9. The van der Waals surface area contributed by atoms with Crippen molar-refractivity contribution in [1.82, 2.24) is 9.21 Å². The normalized spacial score (nSPS) is 22.4. The van der Waals surface area contributed by atoms with E-state index >= 15 is 0 Å². The summed E-state index contributed by atoms with van der Waals surface area (Å²) in [6.45, 7) is 4.67. The predicted molar refractivity (Wildman–Crippen MR) is 119 cm³/mol. The van der Waals surface area contributed by atoms with Gasteiger partial charge in [0.2, 0.25) is 21.8 Å². The van der Waals surface area contributed by atoms with Gasteiger partial charge < -0.3 is 9.80 Å². The predicted octanol–water partition coefficient (Wildman–Crippen LogP) is 2.93. The maximum absolute atomic E-state index is 13.1. The molecular weight excluding hydrogens is 414 g/mol. The summed E-state index contributed by atoms with van der Waals surface area (Å²) in [6, 6.07) is 5.13. The van der Waals surface area contributed by atoms with Gasteiger partial charge in [-0.1, -0.05) is 6.42 Å². The molecule has 1 atom stereocenters. The molecule has 31 heavy (non-hydrogen) atoms. The molecule has 8 heteroatoms. The molecule has 0 saturated carbocycles. The van der Waals surface area contributed by atoms with Crippen LogP contribution in [0.15, 0.2) is 23.1 Å². The first-order valence-corrected chi connectivity index (χ1v) is 13.0. The SMILES string of the molecule is C[C@H]1CCCCN1S(=O)(=O)c1ccc2c(c1)CCN2C(=O)CCC(=O)N1CCCCC1. The zero-order valence-electron chi connectivity index (χ0n) is 18.4. The highest BCUT2D eigenvalue weighted by Gasteiger charge is 2.33. The number of hydrogen-bond acceptors (Lipinski definition) is 4. The largest absolute Gasteiger partial charge is 0.343 e. The second kappa shape index (κ2) is 9.28. The van der Waals surface area contributed by atoms with Gasteiger partial charge in [-0.2, -0.15) is 4.31 Å². The topological polar surface area (TPSA) is 78.0 Å². The van der Waals surface area contributed by atoms with Crippen LogP contribution in [0.2, 0.25) is 0 Å². The van der Waals surface area contributed by atoms with Gasteiger partial charge in [0, 0.05) is 50.7 Å². The lowest BCUT2D eigenvalue weighted by molar-refractivity contribution is -0.133. The first kappa shape index (κ1) is 22.3. The van der Waals surface area contributed by atoms with Gasteiger partial charge in [-0.15, -0.1) is 0 Å². The van der Waals surface area contributed by atoms with Crippen molar-refractivity contribution in [2.24, 2.45) is 0 Å². The second-order valence-electron chi connectivity index (χ2n) is 8.99. The molecule has 3 heterocycles. The average molecular weight is 448 g/mol. The Balaban J connectivity index is 1.42. The molecule has 0 aromatic heterocycles. The van der Waals surface area contributed by atoms with Crippen molar-refractivity contribution in [1.29, 1.82) is 0 Å². The summed E-state index contributed by atoms with van der Waals surface area (Å²) in [5, 5.41) is 0. The molecule has 0 radical (unpaired) electrons. The number of carbonyl (C=O) groups is 2. The van der Waals surface area contributed by atoms with E-state index in [1.54, 1.807) is 27.4 Å². The third-order valence-electron chi connectivity index (χ3n) is 6.86. The Morgan fingerprint density at radius 1 is 0.935 bits per heavy atom. The lowest BCUT2D eigenvalue weighted by atomic mass is 10.1. The van der Waals surface area contributed by atoms with E-state index in [-0.39, 0.29) is 30.7 Å². The van der Waals surface area contributed by atoms with E-state index in [0.29, 0.717) is 24.4 Å². The quantitative estimate of drug-likeness (QED) is 0.695. The van der Waals surface area contributed by atoms with Gasteiger partial charge >= 0.3 is 0 Å². The van der Waals surface area contributed by atoms with E-state index in [2.05, 4.69) is 0 Å². The monoisotopic (exact) mass is 447 g/mol. The number of benzene rings is 1. The molecule has 2 fully saturated rings. The number of likely N-dealkylation sites (tertiary alicyclic amines) is 1. The number of sulfonamides is 1. The van der Waals surface area contributed by atoms with E-state index in [0.717, 1.165) is 56.4 Å². The molecule has 170 valence electrons. The Bertz CT molecular complexity index is 940. The smallest absolute Gasteiger partial charge is 0.243 e. The van der Waals surface area contributed by atoms with Gasteiger partial charge in [-0.05, 0) is 69.2 Å². The lowest BCUT2D eigenvalue weighted by Gasteiger charge is -2.32. The highest BCUT2D eigenvalue weighted by Crippen LogP contribution is 2.33. The fraction of sp³-hybridized carbons (Fsp3) is 0.652. The minimum atomic E-state index is -3.52. The number of amides is 2. The average Bonchev–Trinajstić information content (AvgIpc) is 3.21. The van der Waals surface area contributed by atoms with Gasteiger partial charge in [-0.25, -0.2) is 8.42 Å². The number of nitrogens with zero attached hydrogens (tertiary/aromatic N) is 3. The van der Waals surface area contributed by atoms with Crippen LogP contribution < -0.4 is 4.90 Å². The van der Waals surface area contributed by atoms with Crippen LogP contribution in [0.5, 0.6) is 0 Å². The molecule has 2 saturated heterocycles. The zero-order valence-corrected chi connectivity index (χ0v) is 19.2. The third kappa shape index (κ3) is 4.65. The Hall–Kier alpha value is -1.93. The van der Waals surface area contributed by atoms with E-state index in [1.165, 1.54) is 6.42 Å². The summed E-state index contributed by atoms with van der Waals surface area (Å²) in [4.78, 5) is 29.1. The van der Waals surface area contributed by atoms with Crippen molar-refractivity contribution >= 4 is 27.5 Å². The van der Waals surface area contributed by atoms with Crippen LogP contribution in [0.1, 0.15) is 63.9 Å². The maximum atomic E-state index is 13.1. The number of anilines is 1. The molecule has 0 bridgehead atoms. The van der Waals surface area contributed by atoms with Crippen molar-refractivity contribution in [3.05, 3.63) is 23.8 Å². The molecule has 0 aliphatic carbocycles. The summed E-state index contributed by atoms with van der Waals surface area (Å²) >= 11 is 0. The molecule has 1 aromatic carbocycles. The maximum Gasteiger partial charge on any atom is 0.243 e. The highest BCUT2D eigenvalue weighted by atomic mass is 32.2. The Kier molecular flexibility index (Phi) is 6.67. The Morgan fingerprint density at radius 2 is 1.65 bits per heavy atom. The van der Waals surface area contributed by atoms with Crippen molar-refractivity contribution in [2.45, 2.75) is 75.6 Å². The van der Waals surface area contributed by atoms with Crippen LogP contribution >= 0.6 is 0 Å². The van der Waals surface area contributed by atoms with Crippen LogP contribution in [-0.4, -0.2) is 61.7 Å². The Labute approximate surface area is 185 Å². The molecule has 3 aliphatic heterocycles. The Morgan fingerprint density at radius 3 is 2.39 bits per heavy atom. The standard InChI is InChI=1S/C23H33N3O4S/c1-18-7-3-6-15-26(18)31(29,30)20-8-9-21-19(17-20)12-16-25(21)23(28)11-10-22(27)24-13-4-2-5-14-24/h8-9,17-18H,2-7,10-16H2,1H3/t18-/m0/s1. The van der Waals surface area contributed by atoms with E-state index in [9.17, 15) is 18.0 Å². The molecule has 3 aliphatic rings.